The third kappa shape index (κ3) is 4.86. The minimum Gasteiger partial charge on any atom is -0.489 e. The molecule has 2 aromatic heterocycles. The monoisotopic (exact) mass is 563 g/mol. The third-order valence-corrected chi connectivity index (χ3v) is 7.88. The maximum Gasteiger partial charge on any atom is 0.306 e. The molecule has 0 saturated heterocycles. The van der Waals surface area contributed by atoms with E-state index in [0.29, 0.717) is 68.2 Å². The molecule has 0 unspecified atom stereocenters. The Balaban J connectivity index is 1.45. The summed E-state index contributed by atoms with van der Waals surface area (Å²) in [5, 5.41) is 19.8. The van der Waals surface area contributed by atoms with Gasteiger partial charge in [0.25, 0.3) is 0 Å². The molecule has 2 aliphatic rings. The van der Waals surface area contributed by atoms with Crippen LogP contribution in [0.3, 0.4) is 0 Å². The first kappa shape index (κ1) is 25.4. The topological polar surface area (TPSA) is 123 Å². The number of carbonyl (C=O) groups is 1. The lowest BCUT2D eigenvalue weighted by molar-refractivity contribution is -0.147. The molecule has 1 N–H and O–H groups in total. The molecule has 2 aliphatic carbocycles. The van der Waals surface area contributed by atoms with E-state index in [0.717, 1.165) is 12.8 Å². The molecule has 0 bridgehead atoms. The second-order valence-electron chi connectivity index (χ2n) is 10.2. The van der Waals surface area contributed by atoms with Crippen molar-refractivity contribution in [3.63, 3.8) is 0 Å². The number of nitriles is 1. The highest BCUT2D eigenvalue weighted by Gasteiger charge is 2.41. The van der Waals surface area contributed by atoms with E-state index in [1.165, 1.54) is 6.33 Å². The summed E-state index contributed by atoms with van der Waals surface area (Å²) in [4.78, 5) is 25.0. The van der Waals surface area contributed by atoms with Crippen molar-refractivity contribution in [1.29, 1.82) is 5.26 Å². The fourth-order valence-corrected chi connectivity index (χ4v) is 5.10. The standard InChI is InChI=1S/C28H23Cl2N5O4/c1-28(7-8-28)39-26-23-25(32-14-33-26)35(13-17-9-18(29)6-5-15(17)12-31)24(34-23)20-3-2-4-21(22(20)30)38-19-10-16(11-19)27(36)37/h2-6,9,14,16,19H,7-8,10-11,13H2,1H3,(H,36,37). The van der Waals surface area contributed by atoms with Crippen LogP contribution < -0.4 is 9.47 Å². The molecule has 39 heavy (non-hydrogen) atoms. The highest BCUT2D eigenvalue weighted by atomic mass is 35.5. The predicted octanol–water partition coefficient (Wildman–Crippen LogP) is 5.89. The number of aliphatic carboxylic acids is 1. The molecule has 0 atom stereocenters. The highest BCUT2D eigenvalue weighted by Crippen LogP contribution is 2.43. The van der Waals surface area contributed by atoms with Crippen LogP contribution in [0, 0.1) is 17.2 Å². The first-order chi connectivity index (χ1) is 18.7. The van der Waals surface area contributed by atoms with Crippen LogP contribution in [0.4, 0.5) is 0 Å². The SMILES string of the molecule is CC1(Oc2ncnc3c2nc(-c2cccc(OC4CC(C(=O)O)C4)c2Cl)n3Cc2cc(Cl)ccc2C#N)CC1. The van der Waals surface area contributed by atoms with Crippen molar-refractivity contribution in [3.8, 4) is 29.1 Å². The summed E-state index contributed by atoms with van der Waals surface area (Å²) in [6.07, 6.45) is 3.91. The van der Waals surface area contributed by atoms with Crippen LogP contribution in [-0.4, -0.2) is 42.3 Å². The van der Waals surface area contributed by atoms with Crippen molar-refractivity contribution in [2.45, 2.75) is 50.9 Å². The number of carboxylic acid groups (broad SMARTS) is 1. The molecule has 0 radical (unpaired) electrons. The van der Waals surface area contributed by atoms with Gasteiger partial charge < -0.3 is 19.1 Å². The van der Waals surface area contributed by atoms with Crippen molar-refractivity contribution in [1.82, 2.24) is 19.5 Å². The lowest BCUT2D eigenvalue weighted by Crippen LogP contribution is -2.38. The van der Waals surface area contributed by atoms with Gasteiger partial charge in [0.1, 0.15) is 29.6 Å². The summed E-state index contributed by atoms with van der Waals surface area (Å²) < 4.78 is 14.1. The van der Waals surface area contributed by atoms with Crippen LogP contribution >= 0.6 is 23.2 Å². The Hall–Kier alpha value is -3.87. The number of hydrogen-bond acceptors (Lipinski definition) is 7. The Labute approximate surface area is 233 Å². The van der Waals surface area contributed by atoms with E-state index in [9.17, 15) is 15.2 Å². The number of imidazole rings is 1. The van der Waals surface area contributed by atoms with E-state index < -0.39 is 11.9 Å². The molecule has 0 amide bonds. The summed E-state index contributed by atoms with van der Waals surface area (Å²) in [5.74, 6) is 0.0888. The van der Waals surface area contributed by atoms with Gasteiger partial charge in [-0.1, -0.05) is 29.3 Å². The molecular formula is C28H23Cl2N5O4. The number of halogens is 2. The normalized spacial score (nSPS) is 19.2. The van der Waals surface area contributed by atoms with Gasteiger partial charge >= 0.3 is 5.97 Å². The molecule has 2 aromatic carbocycles. The molecule has 11 heteroatoms. The number of fused-ring (bicyclic) bond motifs is 1. The van der Waals surface area contributed by atoms with E-state index >= 15 is 0 Å². The van der Waals surface area contributed by atoms with Gasteiger partial charge in [-0.15, -0.1) is 0 Å². The van der Waals surface area contributed by atoms with Crippen LogP contribution in [0.25, 0.3) is 22.6 Å². The third-order valence-electron chi connectivity index (χ3n) is 7.25. The van der Waals surface area contributed by atoms with Gasteiger partial charge in [0.15, 0.2) is 11.2 Å². The van der Waals surface area contributed by atoms with Gasteiger partial charge in [-0.2, -0.15) is 10.2 Å². The number of carboxylic acids is 1. The number of ether oxygens (including phenoxy) is 2. The quantitative estimate of drug-likeness (QED) is 0.281. The zero-order valence-corrected chi connectivity index (χ0v) is 22.4. The lowest BCUT2D eigenvalue weighted by atomic mass is 9.82. The maximum absolute atomic E-state index is 11.2. The van der Waals surface area contributed by atoms with Crippen molar-refractivity contribution >= 4 is 40.3 Å². The van der Waals surface area contributed by atoms with Crippen LogP contribution in [0.1, 0.15) is 43.7 Å². The zero-order valence-electron chi connectivity index (χ0n) is 20.9. The number of hydrogen-bond donors (Lipinski definition) is 1. The van der Waals surface area contributed by atoms with E-state index in [4.69, 9.17) is 37.7 Å². The average molecular weight is 564 g/mol. The maximum atomic E-state index is 11.2. The van der Waals surface area contributed by atoms with Gasteiger partial charge in [-0.25, -0.2) is 9.97 Å². The first-order valence-electron chi connectivity index (χ1n) is 12.5. The van der Waals surface area contributed by atoms with Gasteiger partial charge in [-0.3, -0.25) is 4.79 Å². The van der Waals surface area contributed by atoms with Crippen molar-refractivity contribution in [2.24, 2.45) is 5.92 Å². The molecule has 0 aliphatic heterocycles. The Morgan fingerprint density at radius 1 is 1.23 bits per heavy atom. The Bertz CT molecular complexity index is 1650. The Kier molecular flexibility index (Phi) is 6.32. The minimum atomic E-state index is -0.819. The van der Waals surface area contributed by atoms with E-state index in [2.05, 4.69) is 16.0 Å². The molecule has 6 rings (SSSR count). The summed E-state index contributed by atoms with van der Waals surface area (Å²) >= 11 is 13.2. The van der Waals surface area contributed by atoms with Gasteiger partial charge in [-0.05, 0) is 68.5 Å². The van der Waals surface area contributed by atoms with Gasteiger partial charge in [0.2, 0.25) is 5.88 Å². The molecule has 0 spiro atoms. The van der Waals surface area contributed by atoms with Crippen LogP contribution in [0.5, 0.6) is 11.6 Å². The predicted molar refractivity (Wildman–Crippen MR) is 144 cm³/mol. The number of aromatic nitrogens is 4. The van der Waals surface area contributed by atoms with Crippen molar-refractivity contribution in [2.75, 3.05) is 0 Å². The van der Waals surface area contributed by atoms with Crippen LogP contribution in [0.2, 0.25) is 10.0 Å². The lowest BCUT2D eigenvalue weighted by Gasteiger charge is -2.32. The Morgan fingerprint density at radius 2 is 2.03 bits per heavy atom. The Morgan fingerprint density at radius 3 is 2.74 bits per heavy atom. The van der Waals surface area contributed by atoms with Crippen LogP contribution in [-0.2, 0) is 11.3 Å². The number of nitrogens with zero attached hydrogens (tertiary/aromatic N) is 5. The first-order valence-corrected chi connectivity index (χ1v) is 13.3. The fourth-order valence-electron chi connectivity index (χ4n) is 4.65. The molecular weight excluding hydrogens is 541 g/mol. The number of benzene rings is 2. The summed E-state index contributed by atoms with van der Waals surface area (Å²) in [7, 11) is 0. The van der Waals surface area contributed by atoms with E-state index in [-0.39, 0.29) is 18.2 Å². The van der Waals surface area contributed by atoms with Crippen LogP contribution in [0.15, 0.2) is 42.7 Å². The summed E-state index contributed by atoms with van der Waals surface area (Å²) in [5.41, 5.74) is 2.47. The molecule has 9 nitrogen and oxygen atoms in total. The van der Waals surface area contributed by atoms with Gasteiger partial charge in [0.05, 0.1) is 29.1 Å². The molecule has 2 fully saturated rings. The zero-order chi connectivity index (χ0) is 27.3. The number of rotatable bonds is 8. The van der Waals surface area contributed by atoms with E-state index in [1.54, 1.807) is 24.3 Å². The molecule has 198 valence electrons. The summed E-state index contributed by atoms with van der Waals surface area (Å²) in [6, 6.07) is 12.7. The van der Waals surface area contributed by atoms with E-state index in [1.807, 2.05) is 23.6 Å². The second-order valence-corrected chi connectivity index (χ2v) is 11.0. The minimum absolute atomic E-state index is 0.229. The van der Waals surface area contributed by atoms with Crippen molar-refractivity contribution < 1.29 is 19.4 Å². The largest absolute Gasteiger partial charge is 0.489 e. The fraction of sp³-hybridized carbons (Fsp3) is 0.321. The average Bonchev–Trinajstić information content (AvgIpc) is 3.49. The molecule has 2 saturated carbocycles. The second kappa shape index (κ2) is 9.70. The molecule has 2 heterocycles. The molecule has 4 aromatic rings. The van der Waals surface area contributed by atoms with Crippen molar-refractivity contribution in [3.05, 3.63) is 63.9 Å². The summed E-state index contributed by atoms with van der Waals surface area (Å²) in [6.45, 7) is 2.27. The highest BCUT2D eigenvalue weighted by molar-refractivity contribution is 6.34. The van der Waals surface area contributed by atoms with Gasteiger partial charge in [0, 0.05) is 10.6 Å². The smallest absolute Gasteiger partial charge is 0.306 e.